The van der Waals surface area contributed by atoms with Gasteiger partial charge in [0.05, 0.1) is 12.2 Å². The fourth-order valence-electron chi connectivity index (χ4n) is 2.47. The lowest BCUT2D eigenvalue weighted by molar-refractivity contribution is 0.739. The number of thiazole rings is 1. The molecule has 2 heterocycles. The number of aliphatic imine (C=N–C) groups is 1. The Labute approximate surface area is 183 Å². The predicted octanol–water partition coefficient (Wildman–Crippen LogP) is 4.62. The van der Waals surface area contributed by atoms with Gasteiger partial charge in [0, 0.05) is 41.4 Å². The minimum atomic E-state index is 0. The van der Waals surface area contributed by atoms with Crippen molar-refractivity contribution in [3.05, 3.63) is 57.3 Å². The minimum Gasteiger partial charge on any atom is -0.356 e. The zero-order valence-electron chi connectivity index (χ0n) is 14.2. The minimum absolute atomic E-state index is 0. The second-order valence-corrected chi connectivity index (χ2v) is 7.23. The molecule has 0 bridgehead atoms. The summed E-state index contributed by atoms with van der Waals surface area (Å²) in [5.74, 6) is 0.763. The summed E-state index contributed by atoms with van der Waals surface area (Å²) in [4.78, 5) is 9.78. The number of nitrogens with zero attached hydrogens (tertiary/aromatic N) is 3. The third kappa shape index (κ3) is 5.73. The maximum Gasteiger partial charge on any atom is 0.193 e. The third-order valence-corrected chi connectivity index (χ3v) is 5.09. The number of hydrogen-bond acceptors (Lipinski definition) is 3. The smallest absolute Gasteiger partial charge is 0.193 e. The van der Waals surface area contributed by atoms with Crippen molar-refractivity contribution in [3.63, 3.8) is 0 Å². The number of imidazole rings is 1. The Balaban J connectivity index is 0.00000243. The highest BCUT2D eigenvalue weighted by atomic mass is 127. The van der Waals surface area contributed by atoms with E-state index in [1.54, 1.807) is 24.5 Å². The molecule has 0 amide bonds. The van der Waals surface area contributed by atoms with Gasteiger partial charge in [0.15, 0.2) is 10.9 Å². The SMILES string of the molecule is CN=C(NCCCc1ccc(Cl)cc1Cl)NCc1cn2ccsc2n1.I. The zero-order valence-corrected chi connectivity index (χ0v) is 18.9. The Hall–Kier alpha value is -1.03. The van der Waals surface area contributed by atoms with Gasteiger partial charge in [0.1, 0.15) is 0 Å². The summed E-state index contributed by atoms with van der Waals surface area (Å²) in [6.07, 6.45) is 5.86. The van der Waals surface area contributed by atoms with Gasteiger partial charge in [-0.25, -0.2) is 4.98 Å². The lowest BCUT2D eigenvalue weighted by Crippen LogP contribution is -2.37. The first-order chi connectivity index (χ1) is 12.2. The van der Waals surface area contributed by atoms with Gasteiger partial charge in [0.25, 0.3) is 0 Å². The molecule has 2 N–H and O–H groups in total. The molecule has 0 saturated carbocycles. The van der Waals surface area contributed by atoms with Crippen molar-refractivity contribution in [2.75, 3.05) is 13.6 Å². The van der Waals surface area contributed by atoms with Crippen molar-refractivity contribution in [2.45, 2.75) is 19.4 Å². The van der Waals surface area contributed by atoms with E-state index in [4.69, 9.17) is 23.2 Å². The lowest BCUT2D eigenvalue weighted by atomic mass is 10.1. The van der Waals surface area contributed by atoms with Crippen LogP contribution < -0.4 is 10.6 Å². The Morgan fingerprint density at radius 1 is 1.31 bits per heavy atom. The molecule has 0 aliphatic carbocycles. The van der Waals surface area contributed by atoms with Crippen LogP contribution >= 0.6 is 58.5 Å². The second-order valence-electron chi connectivity index (χ2n) is 5.52. The zero-order chi connectivity index (χ0) is 17.6. The third-order valence-electron chi connectivity index (χ3n) is 3.73. The van der Waals surface area contributed by atoms with Crippen LogP contribution in [0.4, 0.5) is 0 Å². The molecule has 5 nitrogen and oxygen atoms in total. The fraction of sp³-hybridized carbons (Fsp3) is 0.294. The maximum absolute atomic E-state index is 6.19. The van der Waals surface area contributed by atoms with E-state index in [1.807, 2.05) is 34.3 Å². The van der Waals surface area contributed by atoms with Crippen LogP contribution in [0.2, 0.25) is 10.0 Å². The first-order valence-corrected chi connectivity index (χ1v) is 9.59. The number of guanidine groups is 1. The average Bonchev–Trinajstić information content (AvgIpc) is 3.17. The van der Waals surface area contributed by atoms with E-state index in [2.05, 4.69) is 20.6 Å². The summed E-state index contributed by atoms with van der Waals surface area (Å²) in [7, 11) is 1.76. The molecule has 26 heavy (non-hydrogen) atoms. The van der Waals surface area contributed by atoms with Gasteiger partial charge in [0.2, 0.25) is 0 Å². The Morgan fingerprint density at radius 3 is 2.88 bits per heavy atom. The molecule has 3 rings (SSSR count). The van der Waals surface area contributed by atoms with E-state index in [-0.39, 0.29) is 24.0 Å². The van der Waals surface area contributed by atoms with Crippen LogP contribution in [0.1, 0.15) is 17.7 Å². The van der Waals surface area contributed by atoms with Crippen molar-refractivity contribution in [1.82, 2.24) is 20.0 Å². The summed E-state index contributed by atoms with van der Waals surface area (Å²) in [6.45, 7) is 1.44. The number of benzene rings is 1. The summed E-state index contributed by atoms with van der Waals surface area (Å²) in [5, 5.41) is 9.99. The normalized spacial score (nSPS) is 11.4. The molecule has 140 valence electrons. The Bertz CT molecular complexity index is 849. The number of halogens is 3. The highest BCUT2D eigenvalue weighted by Crippen LogP contribution is 2.21. The van der Waals surface area contributed by atoms with E-state index < -0.39 is 0 Å². The summed E-state index contributed by atoms with van der Waals surface area (Å²) < 4.78 is 2.02. The molecule has 0 saturated heterocycles. The fourth-order valence-corrected chi connectivity index (χ4v) is 3.69. The first-order valence-electron chi connectivity index (χ1n) is 7.95. The Morgan fingerprint density at radius 2 is 2.15 bits per heavy atom. The van der Waals surface area contributed by atoms with E-state index in [9.17, 15) is 0 Å². The molecular weight excluding hydrogens is 504 g/mol. The molecule has 3 aromatic rings. The quantitative estimate of drug-likeness (QED) is 0.214. The van der Waals surface area contributed by atoms with Gasteiger partial charge in [-0.3, -0.25) is 9.39 Å². The predicted molar refractivity (Wildman–Crippen MR) is 121 cm³/mol. The van der Waals surface area contributed by atoms with Gasteiger partial charge >= 0.3 is 0 Å². The van der Waals surface area contributed by atoms with E-state index >= 15 is 0 Å². The first kappa shape index (κ1) is 21.3. The average molecular weight is 524 g/mol. The molecule has 0 radical (unpaired) electrons. The number of rotatable bonds is 6. The van der Waals surface area contributed by atoms with E-state index in [0.29, 0.717) is 11.6 Å². The molecule has 0 aliphatic heterocycles. The van der Waals surface area contributed by atoms with Crippen LogP contribution in [0.25, 0.3) is 4.96 Å². The van der Waals surface area contributed by atoms with Gasteiger partial charge in [-0.1, -0.05) is 29.3 Å². The summed E-state index contributed by atoms with van der Waals surface area (Å²) >= 11 is 13.7. The highest BCUT2D eigenvalue weighted by Gasteiger charge is 2.05. The second kappa shape index (κ2) is 10.3. The van der Waals surface area contributed by atoms with Gasteiger partial charge in [-0.05, 0) is 30.5 Å². The summed E-state index contributed by atoms with van der Waals surface area (Å²) in [5.41, 5.74) is 2.09. The topological polar surface area (TPSA) is 53.7 Å². The van der Waals surface area contributed by atoms with Crippen LogP contribution in [-0.2, 0) is 13.0 Å². The number of fused-ring (bicyclic) bond motifs is 1. The van der Waals surface area contributed by atoms with Crippen molar-refractivity contribution in [1.29, 1.82) is 0 Å². The monoisotopic (exact) mass is 523 g/mol. The molecular formula is C17H20Cl2IN5S. The molecule has 0 unspecified atom stereocenters. The van der Waals surface area contributed by atoms with Crippen LogP contribution in [0, 0.1) is 0 Å². The van der Waals surface area contributed by atoms with Gasteiger partial charge < -0.3 is 10.6 Å². The standard InChI is InChI=1S/C17H19Cl2N5S.HI/c1-20-16(22-10-14-11-24-7-8-25-17(24)23-14)21-6-2-3-12-4-5-13(18)9-15(12)19;/h4-5,7-9,11H,2-3,6,10H2,1H3,(H2,20,21,22);1H. The van der Waals surface area contributed by atoms with Crippen molar-refractivity contribution in [2.24, 2.45) is 4.99 Å². The molecule has 9 heteroatoms. The summed E-state index contributed by atoms with van der Waals surface area (Å²) in [6, 6.07) is 5.62. The van der Waals surface area contributed by atoms with E-state index in [1.165, 1.54) is 0 Å². The number of aryl methyl sites for hydroxylation is 1. The van der Waals surface area contributed by atoms with Crippen LogP contribution in [0.3, 0.4) is 0 Å². The van der Waals surface area contributed by atoms with Crippen LogP contribution in [-0.4, -0.2) is 28.9 Å². The van der Waals surface area contributed by atoms with Gasteiger partial charge in [-0.15, -0.1) is 35.3 Å². The van der Waals surface area contributed by atoms with Crippen molar-refractivity contribution in [3.8, 4) is 0 Å². The molecule has 0 fully saturated rings. The molecule has 2 aromatic heterocycles. The maximum atomic E-state index is 6.19. The lowest BCUT2D eigenvalue weighted by Gasteiger charge is -2.11. The molecule has 0 spiro atoms. The van der Waals surface area contributed by atoms with Crippen LogP contribution in [0.15, 0.2) is 41.0 Å². The highest BCUT2D eigenvalue weighted by molar-refractivity contribution is 14.0. The number of nitrogens with one attached hydrogen (secondary N) is 2. The number of aromatic nitrogens is 2. The van der Waals surface area contributed by atoms with Gasteiger partial charge in [-0.2, -0.15) is 0 Å². The van der Waals surface area contributed by atoms with E-state index in [0.717, 1.165) is 46.6 Å². The van der Waals surface area contributed by atoms with Crippen molar-refractivity contribution >= 4 is 69.4 Å². The van der Waals surface area contributed by atoms with Crippen LogP contribution in [0.5, 0.6) is 0 Å². The molecule has 0 atom stereocenters. The molecule has 0 aliphatic rings. The van der Waals surface area contributed by atoms with Crippen molar-refractivity contribution < 1.29 is 0 Å². The Kier molecular flexibility index (Phi) is 8.46. The number of hydrogen-bond donors (Lipinski definition) is 2. The largest absolute Gasteiger partial charge is 0.356 e. The molecule has 1 aromatic carbocycles.